The van der Waals surface area contributed by atoms with Gasteiger partial charge in [-0.25, -0.2) is 0 Å². The van der Waals surface area contributed by atoms with E-state index in [1.165, 1.54) is 17.5 Å². The number of ether oxygens (including phenoxy) is 1. The summed E-state index contributed by atoms with van der Waals surface area (Å²) in [6.45, 7) is 12.2. The fourth-order valence-corrected chi connectivity index (χ4v) is 3.26. The van der Waals surface area contributed by atoms with Crippen LogP contribution in [-0.2, 0) is 6.54 Å². The van der Waals surface area contributed by atoms with Crippen molar-refractivity contribution in [3.8, 4) is 5.75 Å². The van der Waals surface area contributed by atoms with Crippen LogP contribution in [0.25, 0.3) is 0 Å². The number of benzene rings is 1. The third kappa shape index (κ3) is 3.98. The zero-order chi connectivity index (χ0) is 15.4. The van der Waals surface area contributed by atoms with Crippen LogP contribution in [0.4, 0.5) is 0 Å². The molecule has 0 amide bonds. The van der Waals surface area contributed by atoms with Crippen LogP contribution < -0.4 is 10.1 Å². The summed E-state index contributed by atoms with van der Waals surface area (Å²) in [5.74, 6) is 1.67. The predicted molar refractivity (Wildman–Crippen MR) is 88.8 cm³/mol. The van der Waals surface area contributed by atoms with Crippen molar-refractivity contribution in [2.45, 2.75) is 52.7 Å². The Kier molecular flexibility index (Phi) is 5.65. The summed E-state index contributed by atoms with van der Waals surface area (Å²) in [5, 5.41) is 3.68. The van der Waals surface area contributed by atoms with Crippen LogP contribution in [0.2, 0.25) is 0 Å². The summed E-state index contributed by atoms with van der Waals surface area (Å²) in [5.41, 5.74) is 2.61. The Hall–Kier alpha value is -1.06. The van der Waals surface area contributed by atoms with Crippen molar-refractivity contribution < 1.29 is 4.74 Å². The van der Waals surface area contributed by atoms with Crippen LogP contribution in [0.5, 0.6) is 5.75 Å². The third-order valence-electron chi connectivity index (χ3n) is 4.61. The van der Waals surface area contributed by atoms with Gasteiger partial charge in [-0.05, 0) is 25.3 Å². The number of nitrogens with one attached hydrogen (secondary N) is 1. The van der Waals surface area contributed by atoms with Gasteiger partial charge in [0.2, 0.25) is 0 Å². The molecule has 0 aromatic heterocycles. The van der Waals surface area contributed by atoms with Crippen molar-refractivity contribution in [1.82, 2.24) is 10.2 Å². The summed E-state index contributed by atoms with van der Waals surface area (Å²) in [6.07, 6.45) is 1.19. The molecule has 0 radical (unpaired) electrons. The minimum atomic E-state index is 0.595. The molecule has 21 heavy (non-hydrogen) atoms. The molecular formula is C18H30N2O. The molecule has 3 nitrogen and oxygen atoms in total. The number of aryl methyl sites for hydroxylation is 1. The average molecular weight is 290 g/mol. The molecule has 1 heterocycles. The Morgan fingerprint density at radius 3 is 2.76 bits per heavy atom. The van der Waals surface area contributed by atoms with Gasteiger partial charge in [-0.2, -0.15) is 0 Å². The van der Waals surface area contributed by atoms with E-state index < -0.39 is 0 Å². The van der Waals surface area contributed by atoms with E-state index in [0.717, 1.165) is 25.4 Å². The highest BCUT2D eigenvalue weighted by Crippen LogP contribution is 2.25. The minimum absolute atomic E-state index is 0.595. The first kappa shape index (κ1) is 16.3. The predicted octanol–water partition coefficient (Wildman–Crippen LogP) is 3.21. The molecule has 1 saturated heterocycles. The summed E-state index contributed by atoms with van der Waals surface area (Å²) in [7, 11) is 1.76. The molecular weight excluding hydrogens is 260 g/mol. The monoisotopic (exact) mass is 290 g/mol. The lowest BCUT2D eigenvalue weighted by atomic mass is 9.96. The second-order valence-corrected chi connectivity index (χ2v) is 6.57. The maximum atomic E-state index is 5.55. The average Bonchev–Trinajstić information content (AvgIpc) is 2.47. The molecule has 1 N–H and O–H groups in total. The summed E-state index contributed by atoms with van der Waals surface area (Å²) < 4.78 is 5.55. The molecule has 1 aromatic rings. The third-order valence-corrected chi connectivity index (χ3v) is 4.61. The SMILES string of the molecule is CCC1CN(Cc2cc(C)ccc2OC)C(C(C)C)CN1. The Labute approximate surface area is 129 Å². The number of hydrogen-bond donors (Lipinski definition) is 1. The van der Waals surface area contributed by atoms with Gasteiger partial charge in [-0.1, -0.05) is 38.5 Å². The highest BCUT2D eigenvalue weighted by Gasteiger charge is 2.29. The molecule has 1 aromatic carbocycles. The number of rotatable bonds is 5. The molecule has 1 aliphatic rings. The Morgan fingerprint density at radius 2 is 2.14 bits per heavy atom. The van der Waals surface area contributed by atoms with Crippen LogP contribution in [0.3, 0.4) is 0 Å². The van der Waals surface area contributed by atoms with Crippen molar-refractivity contribution in [1.29, 1.82) is 0 Å². The first-order chi connectivity index (χ1) is 10.0. The molecule has 2 rings (SSSR count). The van der Waals surface area contributed by atoms with Crippen molar-refractivity contribution in [3.63, 3.8) is 0 Å². The van der Waals surface area contributed by atoms with Crippen LogP contribution in [0, 0.1) is 12.8 Å². The van der Waals surface area contributed by atoms with Crippen LogP contribution in [0.15, 0.2) is 18.2 Å². The van der Waals surface area contributed by atoms with E-state index in [1.54, 1.807) is 7.11 Å². The summed E-state index contributed by atoms with van der Waals surface area (Å²) >= 11 is 0. The van der Waals surface area contributed by atoms with E-state index >= 15 is 0 Å². The van der Waals surface area contributed by atoms with E-state index in [1.807, 2.05) is 0 Å². The first-order valence-electron chi connectivity index (χ1n) is 8.16. The molecule has 2 unspecified atom stereocenters. The largest absolute Gasteiger partial charge is 0.496 e. The van der Waals surface area contributed by atoms with E-state index in [2.05, 4.69) is 56.1 Å². The standard InChI is InChI=1S/C18H30N2O/c1-6-16-12-20(17(10-19-16)13(2)3)11-15-9-14(4)7-8-18(15)21-5/h7-9,13,16-17,19H,6,10-12H2,1-5H3. The Morgan fingerprint density at radius 1 is 1.38 bits per heavy atom. The maximum absolute atomic E-state index is 5.55. The first-order valence-corrected chi connectivity index (χ1v) is 8.16. The fourth-order valence-electron chi connectivity index (χ4n) is 3.26. The molecule has 0 spiro atoms. The van der Waals surface area contributed by atoms with Crippen molar-refractivity contribution in [3.05, 3.63) is 29.3 Å². The zero-order valence-electron chi connectivity index (χ0n) is 14.1. The molecule has 0 aliphatic carbocycles. The summed E-state index contributed by atoms with van der Waals surface area (Å²) in [6, 6.07) is 7.68. The van der Waals surface area contributed by atoms with Crippen molar-refractivity contribution >= 4 is 0 Å². The lowest BCUT2D eigenvalue weighted by molar-refractivity contribution is 0.0892. The van der Waals surface area contributed by atoms with E-state index in [9.17, 15) is 0 Å². The Balaban J connectivity index is 2.19. The fraction of sp³-hybridized carbons (Fsp3) is 0.667. The van der Waals surface area contributed by atoms with Gasteiger partial charge in [0.15, 0.2) is 0 Å². The number of piperazine rings is 1. The maximum Gasteiger partial charge on any atom is 0.123 e. The molecule has 118 valence electrons. The molecule has 0 bridgehead atoms. The number of methoxy groups -OCH3 is 1. The molecule has 2 atom stereocenters. The van der Waals surface area contributed by atoms with E-state index in [4.69, 9.17) is 4.74 Å². The lowest BCUT2D eigenvalue weighted by Crippen LogP contribution is -2.57. The lowest BCUT2D eigenvalue weighted by Gasteiger charge is -2.42. The van der Waals surface area contributed by atoms with Gasteiger partial charge < -0.3 is 10.1 Å². The highest BCUT2D eigenvalue weighted by atomic mass is 16.5. The number of hydrogen-bond acceptors (Lipinski definition) is 3. The van der Waals surface area contributed by atoms with Crippen molar-refractivity contribution in [2.75, 3.05) is 20.2 Å². The second-order valence-electron chi connectivity index (χ2n) is 6.57. The zero-order valence-corrected chi connectivity index (χ0v) is 14.1. The quantitative estimate of drug-likeness (QED) is 0.901. The van der Waals surface area contributed by atoms with Crippen molar-refractivity contribution in [2.24, 2.45) is 5.92 Å². The second kappa shape index (κ2) is 7.28. The summed E-state index contributed by atoms with van der Waals surface area (Å²) in [4.78, 5) is 2.63. The van der Waals surface area contributed by atoms with Gasteiger partial charge in [0.1, 0.15) is 5.75 Å². The van der Waals surface area contributed by atoms with Gasteiger partial charge in [0, 0.05) is 37.3 Å². The van der Waals surface area contributed by atoms with Gasteiger partial charge in [0.05, 0.1) is 7.11 Å². The molecule has 0 saturated carbocycles. The molecule has 1 fully saturated rings. The van der Waals surface area contributed by atoms with Gasteiger partial charge in [-0.3, -0.25) is 4.90 Å². The van der Waals surface area contributed by atoms with Crippen LogP contribution >= 0.6 is 0 Å². The molecule has 3 heteroatoms. The minimum Gasteiger partial charge on any atom is -0.496 e. The molecule has 1 aliphatic heterocycles. The van der Waals surface area contributed by atoms with Gasteiger partial charge >= 0.3 is 0 Å². The smallest absolute Gasteiger partial charge is 0.123 e. The van der Waals surface area contributed by atoms with Gasteiger partial charge in [-0.15, -0.1) is 0 Å². The van der Waals surface area contributed by atoms with Crippen LogP contribution in [0.1, 0.15) is 38.3 Å². The van der Waals surface area contributed by atoms with E-state index in [-0.39, 0.29) is 0 Å². The van der Waals surface area contributed by atoms with Gasteiger partial charge in [0.25, 0.3) is 0 Å². The highest BCUT2D eigenvalue weighted by molar-refractivity contribution is 5.36. The normalized spacial score (nSPS) is 23.5. The number of nitrogens with zero attached hydrogens (tertiary/aromatic N) is 1. The van der Waals surface area contributed by atoms with E-state index in [0.29, 0.717) is 18.0 Å². The van der Waals surface area contributed by atoms with Crippen LogP contribution in [-0.4, -0.2) is 37.2 Å². The Bertz CT molecular complexity index is 459. The topological polar surface area (TPSA) is 24.5 Å².